The summed E-state index contributed by atoms with van der Waals surface area (Å²) in [5.41, 5.74) is 4.25. The van der Waals surface area contributed by atoms with Crippen LogP contribution in [0, 0.1) is 0 Å². The Kier molecular flexibility index (Phi) is 9.10. The lowest BCUT2D eigenvalue weighted by atomic mass is 10.0. The third-order valence-corrected chi connectivity index (χ3v) is 6.08. The fourth-order valence-electron chi connectivity index (χ4n) is 2.49. The summed E-state index contributed by atoms with van der Waals surface area (Å²) in [7, 11) is 3.01. The fourth-order valence-corrected chi connectivity index (χ4v) is 4.03. The van der Waals surface area contributed by atoms with Crippen molar-refractivity contribution in [2.45, 2.75) is 19.1 Å². The highest BCUT2D eigenvalue weighted by molar-refractivity contribution is 8.38. The topological polar surface area (TPSA) is 63.1 Å². The Labute approximate surface area is 175 Å². The zero-order valence-electron chi connectivity index (χ0n) is 16.6. The van der Waals surface area contributed by atoms with Crippen molar-refractivity contribution in [2.75, 3.05) is 20.4 Å². The number of nitrogens with one attached hydrogen (secondary N) is 1. The van der Waals surface area contributed by atoms with Crippen LogP contribution >= 0.6 is 23.5 Å². The molecule has 0 aliphatic carbocycles. The quantitative estimate of drug-likeness (QED) is 0.407. The molecule has 148 valence electrons. The Morgan fingerprint density at radius 2 is 1.86 bits per heavy atom. The molecule has 0 fully saturated rings. The number of hydrogen-bond acceptors (Lipinski definition) is 6. The summed E-state index contributed by atoms with van der Waals surface area (Å²) in [4.78, 5) is 21.8. The number of likely N-dealkylation sites (N-methyl/N-ethyl adjacent to an activating group) is 1. The summed E-state index contributed by atoms with van der Waals surface area (Å²) in [6, 6.07) is 16.0. The molecule has 2 aromatic rings. The summed E-state index contributed by atoms with van der Waals surface area (Å²) < 4.78 is 0.962. The molecule has 0 saturated carbocycles. The first-order chi connectivity index (χ1) is 13.6. The van der Waals surface area contributed by atoms with Crippen molar-refractivity contribution in [1.82, 2.24) is 5.32 Å². The number of carbonyl (C=O) groups excluding carboxylic acids is 1. The second kappa shape index (κ2) is 11.6. The number of thioether (sulfide) groups is 2. The van der Waals surface area contributed by atoms with Crippen LogP contribution in [0.4, 0.5) is 5.69 Å². The first kappa shape index (κ1) is 22.0. The van der Waals surface area contributed by atoms with E-state index in [2.05, 4.69) is 29.5 Å². The predicted octanol–water partition coefficient (Wildman–Crippen LogP) is 4.63. The van der Waals surface area contributed by atoms with Crippen LogP contribution < -0.4 is 5.32 Å². The number of nitrogens with zero attached hydrogens (tertiary/aromatic N) is 2. The van der Waals surface area contributed by atoms with Gasteiger partial charge in [-0.3, -0.25) is 4.79 Å². The molecule has 0 unspecified atom stereocenters. The predicted molar refractivity (Wildman–Crippen MR) is 122 cm³/mol. The molecule has 0 radical (unpaired) electrons. The molecule has 0 saturated heterocycles. The zero-order chi connectivity index (χ0) is 20.4. The monoisotopic (exact) mass is 415 g/mol. The third kappa shape index (κ3) is 6.14. The van der Waals surface area contributed by atoms with Crippen molar-refractivity contribution in [3.63, 3.8) is 0 Å². The Morgan fingerprint density at radius 1 is 1.14 bits per heavy atom. The summed E-state index contributed by atoms with van der Waals surface area (Å²) in [6.45, 7) is 2.14. The van der Waals surface area contributed by atoms with E-state index in [0.717, 1.165) is 27.6 Å². The molecule has 2 aromatic carbocycles. The molecule has 0 atom stereocenters. The summed E-state index contributed by atoms with van der Waals surface area (Å²) >= 11 is 3.24. The lowest BCUT2D eigenvalue weighted by Crippen LogP contribution is -2.29. The third-order valence-electron chi connectivity index (χ3n) is 3.99. The molecule has 0 aliphatic rings. The number of hydrogen-bond donors (Lipinski definition) is 1. The molecule has 1 amide bonds. The smallest absolute Gasteiger partial charge is 0.273 e. The molecular formula is C21H25N3O2S2. The van der Waals surface area contributed by atoms with Crippen LogP contribution in [0.2, 0.25) is 0 Å². The van der Waals surface area contributed by atoms with Crippen molar-refractivity contribution < 1.29 is 9.63 Å². The number of rotatable bonds is 7. The van der Waals surface area contributed by atoms with Crippen LogP contribution in [0.1, 0.15) is 23.6 Å². The van der Waals surface area contributed by atoms with Gasteiger partial charge in [0.05, 0.1) is 5.69 Å². The highest BCUT2D eigenvalue weighted by Crippen LogP contribution is 2.26. The van der Waals surface area contributed by atoms with Gasteiger partial charge in [0.15, 0.2) is 5.71 Å². The van der Waals surface area contributed by atoms with Crippen LogP contribution in [0.25, 0.3) is 0 Å². The minimum Gasteiger partial charge on any atom is -0.398 e. The Balaban J connectivity index is 2.21. The van der Waals surface area contributed by atoms with Crippen molar-refractivity contribution >= 4 is 45.2 Å². The van der Waals surface area contributed by atoms with Gasteiger partial charge in [-0.25, -0.2) is 4.99 Å². The molecule has 5 nitrogen and oxygen atoms in total. The lowest BCUT2D eigenvalue weighted by molar-refractivity contribution is -0.114. The second-order valence-corrected chi connectivity index (χ2v) is 7.77. The first-order valence-electron chi connectivity index (χ1n) is 8.88. The number of benzene rings is 2. The molecule has 2 rings (SSSR count). The van der Waals surface area contributed by atoms with Crippen LogP contribution in [0.5, 0.6) is 0 Å². The minimum atomic E-state index is -0.283. The van der Waals surface area contributed by atoms with Gasteiger partial charge in [-0.05, 0) is 35.9 Å². The average molecular weight is 416 g/mol. The Hall–Kier alpha value is -2.25. The SMILES string of the molecule is CCc1ccc(N=C(SC)SCc2ccccc2C(=NOC)C(=O)NC)cc1. The molecule has 0 aliphatic heterocycles. The molecule has 1 N–H and O–H groups in total. The molecule has 0 aromatic heterocycles. The number of aliphatic imine (C=N–C) groups is 1. The van der Waals surface area contributed by atoms with Crippen molar-refractivity contribution in [1.29, 1.82) is 0 Å². The Morgan fingerprint density at radius 3 is 2.46 bits per heavy atom. The van der Waals surface area contributed by atoms with E-state index in [-0.39, 0.29) is 11.6 Å². The molecule has 0 bridgehead atoms. The van der Waals surface area contributed by atoms with E-state index >= 15 is 0 Å². The van der Waals surface area contributed by atoms with Crippen molar-refractivity contribution in [3.05, 3.63) is 65.2 Å². The summed E-state index contributed by atoms with van der Waals surface area (Å²) in [6.07, 6.45) is 3.03. The maximum absolute atomic E-state index is 12.2. The van der Waals surface area contributed by atoms with Crippen LogP contribution in [0.15, 0.2) is 58.7 Å². The van der Waals surface area contributed by atoms with E-state index in [4.69, 9.17) is 9.83 Å². The van der Waals surface area contributed by atoms with Gasteiger partial charge >= 0.3 is 0 Å². The standard InChI is InChI=1S/C21H25N3O2S2/c1-5-15-10-12-17(13-11-15)23-21(27-4)28-14-16-8-6-7-9-18(16)19(24-26-3)20(25)22-2/h6-13H,5,14H2,1-4H3,(H,22,25). The van der Waals surface area contributed by atoms with Crippen LogP contribution in [0.3, 0.4) is 0 Å². The van der Waals surface area contributed by atoms with Gasteiger partial charge in [0, 0.05) is 18.4 Å². The largest absolute Gasteiger partial charge is 0.398 e. The second-order valence-electron chi connectivity index (χ2n) is 5.75. The highest BCUT2D eigenvalue weighted by atomic mass is 32.2. The minimum absolute atomic E-state index is 0.263. The number of amides is 1. The summed E-state index contributed by atoms with van der Waals surface area (Å²) in [5.74, 6) is 0.386. The van der Waals surface area contributed by atoms with Gasteiger partial charge in [-0.1, -0.05) is 60.2 Å². The van der Waals surface area contributed by atoms with E-state index in [9.17, 15) is 4.79 Å². The molecule has 28 heavy (non-hydrogen) atoms. The molecular weight excluding hydrogens is 390 g/mol. The lowest BCUT2D eigenvalue weighted by Gasteiger charge is -2.11. The van der Waals surface area contributed by atoms with Crippen LogP contribution in [-0.2, 0) is 21.8 Å². The fraction of sp³-hybridized carbons (Fsp3) is 0.286. The highest BCUT2D eigenvalue weighted by Gasteiger charge is 2.17. The normalized spacial score (nSPS) is 12.0. The van der Waals surface area contributed by atoms with Crippen LogP contribution in [-0.4, -0.2) is 36.4 Å². The number of oxime groups is 1. The molecule has 0 heterocycles. The van der Waals surface area contributed by atoms with Gasteiger partial charge in [-0.15, -0.1) is 11.8 Å². The summed E-state index contributed by atoms with van der Waals surface area (Å²) in [5, 5.41) is 6.53. The maximum atomic E-state index is 12.2. The van der Waals surface area contributed by atoms with E-state index < -0.39 is 0 Å². The maximum Gasteiger partial charge on any atom is 0.273 e. The van der Waals surface area contributed by atoms with Gasteiger partial charge in [0.25, 0.3) is 5.91 Å². The van der Waals surface area contributed by atoms with E-state index in [1.165, 1.54) is 12.7 Å². The van der Waals surface area contributed by atoms with Gasteiger partial charge in [-0.2, -0.15) is 0 Å². The van der Waals surface area contributed by atoms with Gasteiger partial charge in [0.1, 0.15) is 11.5 Å². The average Bonchev–Trinajstić information content (AvgIpc) is 2.75. The van der Waals surface area contributed by atoms with Crippen molar-refractivity contribution in [2.24, 2.45) is 10.1 Å². The molecule has 0 spiro atoms. The van der Waals surface area contributed by atoms with E-state index in [1.54, 1.807) is 30.6 Å². The van der Waals surface area contributed by atoms with E-state index in [1.807, 2.05) is 42.7 Å². The zero-order valence-corrected chi connectivity index (χ0v) is 18.2. The van der Waals surface area contributed by atoms with Crippen molar-refractivity contribution in [3.8, 4) is 0 Å². The first-order valence-corrected chi connectivity index (χ1v) is 11.1. The van der Waals surface area contributed by atoms with Gasteiger partial charge in [0.2, 0.25) is 0 Å². The Bertz CT molecular complexity index is 849. The number of aryl methyl sites for hydroxylation is 1. The number of carbonyl (C=O) groups is 1. The van der Waals surface area contributed by atoms with Gasteiger partial charge < -0.3 is 10.2 Å². The van der Waals surface area contributed by atoms with E-state index in [0.29, 0.717) is 5.75 Å². The molecule has 7 heteroatoms.